The Morgan fingerprint density at radius 3 is 2.31 bits per heavy atom. The Balaban J connectivity index is 1.72. The van der Waals surface area contributed by atoms with E-state index >= 15 is 0 Å². The van der Waals surface area contributed by atoms with E-state index in [4.69, 9.17) is 0 Å². The van der Waals surface area contributed by atoms with Crippen LogP contribution in [0.5, 0.6) is 0 Å². The van der Waals surface area contributed by atoms with Gasteiger partial charge in [-0.15, -0.1) is 0 Å². The Morgan fingerprint density at radius 2 is 1.62 bits per heavy atom. The van der Waals surface area contributed by atoms with Crippen LogP contribution >= 0.6 is 0 Å². The molecule has 168 valence electrons. The second kappa shape index (κ2) is 10.5. The maximum absolute atomic E-state index is 13.4. The van der Waals surface area contributed by atoms with Crippen LogP contribution in [-0.4, -0.2) is 27.4 Å². The minimum absolute atomic E-state index is 0.158. The predicted molar refractivity (Wildman–Crippen MR) is 129 cm³/mol. The molecule has 6 heteroatoms. The van der Waals surface area contributed by atoms with Gasteiger partial charge in [-0.25, -0.2) is 8.42 Å². The van der Waals surface area contributed by atoms with Gasteiger partial charge in [0.2, 0.25) is 5.91 Å². The van der Waals surface area contributed by atoms with Gasteiger partial charge >= 0.3 is 0 Å². The molecule has 0 bridgehead atoms. The summed E-state index contributed by atoms with van der Waals surface area (Å²) in [6, 6.07) is 21.9. The van der Waals surface area contributed by atoms with E-state index in [1.807, 2.05) is 26.0 Å². The fourth-order valence-electron chi connectivity index (χ4n) is 3.49. The highest BCUT2D eigenvalue weighted by Gasteiger charge is 2.27. The highest BCUT2D eigenvalue weighted by atomic mass is 32.2. The Labute approximate surface area is 191 Å². The van der Waals surface area contributed by atoms with Gasteiger partial charge < -0.3 is 5.32 Å². The number of aryl methyl sites for hydroxylation is 4. The van der Waals surface area contributed by atoms with Gasteiger partial charge in [-0.05, 0) is 74.6 Å². The van der Waals surface area contributed by atoms with E-state index in [9.17, 15) is 13.2 Å². The zero-order valence-electron chi connectivity index (χ0n) is 18.8. The lowest BCUT2D eigenvalue weighted by atomic mass is 10.1. The summed E-state index contributed by atoms with van der Waals surface area (Å²) in [4.78, 5) is 12.9. The molecule has 0 aromatic heterocycles. The molecule has 3 rings (SSSR count). The summed E-state index contributed by atoms with van der Waals surface area (Å²) in [5.74, 6) is -0.327. The van der Waals surface area contributed by atoms with Gasteiger partial charge in [0.15, 0.2) is 0 Å². The average Bonchev–Trinajstić information content (AvgIpc) is 2.77. The number of benzene rings is 3. The molecule has 0 saturated carbocycles. The molecule has 0 spiro atoms. The molecule has 3 aromatic carbocycles. The molecule has 0 aliphatic heterocycles. The summed E-state index contributed by atoms with van der Waals surface area (Å²) in [5, 5.41) is 2.87. The maximum Gasteiger partial charge on any atom is 0.264 e. The first-order chi connectivity index (χ1) is 15.3. The molecule has 1 amide bonds. The van der Waals surface area contributed by atoms with Crippen molar-refractivity contribution in [3.8, 4) is 0 Å². The minimum Gasteiger partial charge on any atom is -0.355 e. The molecule has 0 saturated heterocycles. The first-order valence-electron chi connectivity index (χ1n) is 10.7. The van der Waals surface area contributed by atoms with Gasteiger partial charge in [-0.2, -0.15) is 0 Å². The molecule has 0 heterocycles. The van der Waals surface area contributed by atoms with E-state index in [0.717, 1.165) is 24.0 Å². The standard InChI is InChI=1S/C26H30N2O3S/c1-20-9-7-10-23(17-20)11-8-16-27-26(29)19-28(24-15-14-21(2)22(3)18-24)32(30,31)25-12-5-4-6-13-25/h4-7,9-10,12-15,17-18H,8,11,16,19H2,1-3H3,(H,27,29). The number of hydrogen-bond acceptors (Lipinski definition) is 3. The molecular weight excluding hydrogens is 420 g/mol. The van der Waals surface area contributed by atoms with Crippen LogP contribution in [0.3, 0.4) is 0 Å². The van der Waals surface area contributed by atoms with Crippen LogP contribution in [0.4, 0.5) is 5.69 Å². The summed E-state index contributed by atoms with van der Waals surface area (Å²) in [5.41, 5.74) is 4.94. The minimum atomic E-state index is -3.88. The zero-order valence-corrected chi connectivity index (χ0v) is 19.7. The number of anilines is 1. The lowest BCUT2D eigenvalue weighted by Gasteiger charge is -2.25. The van der Waals surface area contributed by atoms with E-state index in [0.29, 0.717) is 12.2 Å². The lowest BCUT2D eigenvalue weighted by Crippen LogP contribution is -2.41. The molecule has 0 fully saturated rings. The van der Waals surface area contributed by atoms with Gasteiger partial charge in [0, 0.05) is 6.54 Å². The van der Waals surface area contributed by atoms with Crippen LogP contribution in [0.2, 0.25) is 0 Å². The zero-order chi connectivity index (χ0) is 23.1. The maximum atomic E-state index is 13.4. The number of hydrogen-bond donors (Lipinski definition) is 1. The van der Waals surface area contributed by atoms with E-state index in [1.54, 1.807) is 42.5 Å². The normalized spacial score (nSPS) is 11.2. The Hall–Kier alpha value is -3.12. The number of sulfonamides is 1. The third-order valence-electron chi connectivity index (χ3n) is 5.44. The molecule has 1 N–H and O–H groups in total. The number of rotatable bonds is 9. The molecule has 0 aliphatic rings. The van der Waals surface area contributed by atoms with Crippen molar-refractivity contribution in [3.63, 3.8) is 0 Å². The Morgan fingerprint density at radius 1 is 0.875 bits per heavy atom. The predicted octanol–water partition coefficient (Wildman–Crippen LogP) is 4.56. The summed E-state index contributed by atoms with van der Waals surface area (Å²) in [7, 11) is -3.88. The quantitative estimate of drug-likeness (QED) is 0.486. The van der Waals surface area contributed by atoms with Crippen LogP contribution < -0.4 is 9.62 Å². The summed E-state index contributed by atoms with van der Waals surface area (Å²) in [6.07, 6.45) is 1.63. The third-order valence-corrected chi connectivity index (χ3v) is 7.23. The number of nitrogens with one attached hydrogen (secondary N) is 1. The van der Waals surface area contributed by atoms with Crippen molar-refractivity contribution in [3.05, 3.63) is 95.1 Å². The van der Waals surface area contributed by atoms with Crippen LogP contribution in [0, 0.1) is 20.8 Å². The third kappa shape index (κ3) is 5.98. The van der Waals surface area contributed by atoms with Crippen molar-refractivity contribution in [2.45, 2.75) is 38.5 Å². The fourth-order valence-corrected chi connectivity index (χ4v) is 4.92. The van der Waals surface area contributed by atoms with Gasteiger partial charge in [-0.1, -0.05) is 54.1 Å². The molecular formula is C26H30N2O3S. The molecule has 0 radical (unpaired) electrons. The highest BCUT2D eigenvalue weighted by molar-refractivity contribution is 7.92. The van der Waals surface area contributed by atoms with Crippen molar-refractivity contribution in [1.29, 1.82) is 0 Å². The van der Waals surface area contributed by atoms with Gasteiger partial charge in [0.1, 0.15) is 6.54 Å². The number of nitrogens with zero attached hydrogens (tertiary/aromatic N) is 1. The van der Waals surface area contributed by atoms with Crippen molar-refractivity contribution < 1.29 is 13.2 Å². The van der Waals surface area contributed by atoms with Gasteiger partial charge in [0.05, 0.1) is 10.6 Å². The van der Waals surface area contributed by atoms with Crippen molar-refractivity contribution in [2.24, 2.45) is 0 Å². The van der Waals surface area contributed by atoms with E-state index in [2.05, 4.69) is 30.4 Å². The molecule has 0 aliphatic carbocycles. The lowest BCUT2D eigenvalue weighted by molar-refractivity contribution is -0.119. The second-order valence-electron chi connectivity index (χ2n) is 8.04. The van der Waals surface area contributed by atoms with E-state index in [1.165, 1.54) is 15.4 Å². The average molecular weight is 451 g/mol. The fraction of sp³-hybridized carbons (Fsp3) is 0.269. The molecule has 32 heavy (non-hydrogen) atoms. The largest absolute Gasteiger partial charge is 0.355 e. The molecule has 5 nitrogen and oxygen atoms in total. The van der Waals surface area contributed by atoms with Crippen LogP contribution in [-0.2, 0) is 21.2 Å². The molecule has 3 aromatic rings. The van der Waals surface area contributed by atoms with E-state index in [-0.39, 0.29) is 17.3 Å². The Kier molecular flexibility index (Phi) is 7.70. The Bertz CT molecular complexity index is 1170. The smallest absolute Gasteiger partial charge is 0.264 e. The monoisotopic (exact) mass is 450 g/mol. The first-order valence-corrected chi connectivity index (χ1v) is 12.2. The van der Waals surface area contributed by atoms with Crippen LogP contribution in [0.1, 0.15) is 28.7 Å². The van der Waals surface area contributed by atoms with Crippen molar-refractivity contribution in [1.82, 2.24) is 5.32 Å². The number of carbonyl (C=O) groups is 1. The number of amides is 1. The summed E-state index contributed by atoms with van der Waals surface area (Å²) in [6.45, 7) is 6.16. The van der Waals surface area contributed by atoms with Crippen molar-refractivity contribution >= 4 is 21.6 Å². The second-order valence-corrected chi connectivity index (χ2v) is 9.90. The van der Waals surface area contributed by atoms with Crippen LogP contribution in [0.25, 0.3) is 0 Å². The molecule has 0 atom stereocenters. The summed E-state index contributed by atoms with van der Waals surface area (Å²) < 4.78 is 27.9. The number of carbonyl (C=O) groups excluding carboxylic acids is 1. The van der Waals surface area contributed by atoms with Gasteiger partial charge in [-0.3, -0.25) is 9.10 Å². The first kappa shape index (κ1) is 23.5. The molecule has 0 unspecified atom stereocenters. The topological polar surface area (TPSA) is 66.5 Å². The van der Waals surface area contributed by atoms with E-state index < -0.39 is 10.0 Å². The summed E-state index contributed by atoms with van der Waals surface area (Å²) >= 11 is 0. The van der Waals surface area contributed by atoms with Crippen molar-refractivity contribution in [2.75, 3.05) is 17.4 Å². The van der Waals surface area contributed by atoms with Gasteiger partial charge in [0.25, 0.3) is 10.0 Å². The van der Waals surface area contributed by atoms with Crippen LogP contribution in [0.15, 0.2) is 77.7 Å². The highest BCUT2D eigenvalue weighted by Crippen LogP contribution is 2.25. The SMILES string of the molecule is Cc1cccc(CCCNC(=O)CN(c2ccc(C)c(C)c2)S(=O)(=O)c2ccccc2)c1.